The lowest BCUT2D eigenvalue weighted by molar-refractivity contribution is -0.163. The molecule has 6 heteroatoms. The quantitative estimate of drug-likeness (QED) is 0.472. The van der Waals surface area contributed by atoms with E-state index in [1.165, 1.54) is 0 Å². The van der Waals surface area contributed by atoms with Gasteiger partial charge in [-0.15, -0.1) is 5.10 Å². The summed E-state index contributed by atoms with van der Waals surface area (Å²) in [6.45, 7) is 0.658. The maximum Gasteiger partial charge on any atom is 0.169 e. The average Bonchev–Trinajstić information content (AvgIpc) is 2.31. The molecule has 0 saturated heterocycles. The monoisotopic (exact) mass is 170 g/mol. The molecule has 2 N–H and O–H groups in total. The predicted octanol–water partition coefficient (Wildman–Crippen LogP) is -1.31. The number of aromatic nitrogens is 4. The van der Waals surface area contributed by atoms with Crippen LogP contribution in [0.1, 0.15) is 18.7 Å². The number of rotatable bonds is 0. The topological polar surface area (TPSA) is 84.1 Å². The van der Waals surface area contributed by atoms with E-state index in [-0.39, 0.29) is 6.42 Å². The van der Waals surface area contributed by atoms with E-state index in [2.05, 4.69) is 15.5 Å². The average molecular weight is 170 g/mol. The molecule has 0 saturated carbocycles. The van der Waals surface area contributed by atoms with Gasteiger partial charge in [0.25, 0.3) is 0 Å². The van der Waals surface area contributed by atoms with Gasteiger partial charge in [0.1, 0.15) is 0 Å². The SMILES string of the molecule is OC1(O)CCCn2nnnc2C1. The Morgan fingerprint density at radius 1 is 1.42 bits per heavy atom. The third-order valence-corrected chi connectivity index (χ3v) is 1.99. The largest absolute Gasteiger partial charge is 0.365 e. The zero-order chi connectivity index (χ0) is 8.60. The molecule has 1 aliphatic rings. The molecule has 0 atom stereocenters. The molecule has 2 heterocycles. The van der Waals surface area contributed by atoms with Crippen LogP contribution in [0, 0.1) is 0 Å². The minimum absolute atomic E-state index is 0.111. The molecule has 0 fully saturated rings. The lowest BCUT2D eigenvalue weighted by Crippen LogP contribution is -2.30. The van der Waals surface area contributed by atoms with Crippen molar-refractivity contribution in [2.75, 3.05) is 0 Å². The zero-order valence-electron chi connectivity index (χ0n) is 6.51. The van der Waals surface area contributed by atoms with Crippen LogP contribution >= 0.6 is 0 Å². The van der Waals surface area contributed by atoms with Gasteiger partial charge in [-0.2, -0.15) is 0 Å². The molecule has 0 aromatic carbocycles. The highest BCUT2D eigenvalue weighted by Crippen LogP contribution is 2.18. The Balaban J connectivity index is 2.30. The van der Waals surface area contributed by atoms with Gasteiger partial charge in [0.05, 0.1) is 6.42 Å². The van der Waals surface area contributed by atoms with Crippen molar-refractivity contribution in [1.82, 2.24) is 20.2 Å². The molecule has 6 nitrogen and oxygen atoms in total. The lowest BCUT2D eigenvalue weighted by atomic mass is 10.1. The number of nitrogens with zero attached hydrogens (tertiary/aromatic N) is 4. The highest BCUT2D eigenvalue weighted by Gasteiger charge is 2.29. The van der Waals surface area contributed by atoms with Gasteiger partial charge >= 0.3 is 0 Å². The minimum Gasteiger partial charge on any atom is -0.365 e. The van der Waals surface area contributed by atoms with Crippen LogP contribution in [-0.2, 0) is 13.0 Å². The second-order valence-electron chi connectivity index (χ2n) is 3.08. The number of hydrogen-bond donors (Lipinski definition) is 2. The number of aliphatic hydroxyl groups is 2. The first-order valence-corrected chi connectivity index (χ1v) is 3.87. The Bertz CT molecular complexity index is 283. The summed E-state index contributed by atoms with van der Waals surface area (Å²) in [5.74, 6) is -1.10. The molecule has 1 aliphatic heterocycles. The number of aryl methyl sites for hydroxylation is 1. The van der Waals surface area contributed by atoms with E-state index < -0.39 is 5.79 Å². The summed E-state index contributed by atoms with van der Waals surface area (Å²) in [6, 6.07) is 0. The molecule has 1 aromatic heterocycles. The predicted molar refractivity (Wildman–Crippen MR) is 37.9 cm³/mol. The summed E-state index contributed by atoms with van der Waals surface area (Å²) in [5.41, 5.74) is 0. The molecule has 0 aliphatic carbocycles. The summed E-state index contributed by atoms with van der Waals surface area (Å²) >= 11 is 0. The summed E-state index contributed by atoms with van der Waals surface area (Å²) in [5, 5.41) is 29.6. The van der Waals surface area contributed by atoms with E-state index in [4.69, 9.17) is 0 Å². The van der Waals surface area contributed by atoms with Gasteiger partial charge in [-0.1, -0.05) is 0 Å². The summed E-state index contributed by atoms with van der Waals surface area (Å²) in [4.78, 5) is 0. The maximum absolute atomic E-state index is 9.37. The van der Waals surface area contributed by atoms with Crippen molar-refractivity contribution in [3.05, 3.63) is 5.82 Å². The van der Waals surface area contributed by atoms with Gasteiger partial charge < -0.3 is 10.2 Å². The molecule has 12 heavy (non-hydrogen) atoms. The van der Waals surface area contributed by atoms with Crippen LogP contribution in [0.2, 0.25) is 0 Å². The van der Waals surface area contributed by atoms with Crippen molar-refractivity contribution >= 4 is 0 Å². The van der Waals surface area contributed by atoms with Gasteiger partial charge in [-0.05, 0) is 16.8 Å². The number of fused-ring (bicyclic) bond motifs is 1. The molecule has 1 aromatic rings. The molecule has 0 bridgehead atoms. The van der Waals surface area contributed by atoms with Gasteiger partial charge in [-0.3, -0.25) is 0 Å². The van der Waals surface area contributed by atoms with Crippen LogP contribution in [0.3, 0.4) is 0 Å². The summed E-state index contributed by atoms with van der Waals surface area (Å²) < 4.78 is 1.61. The van der Waals surface area contributed by atoms with E-state index in [1.807, 2.05) is 0 Å². The molecule has 0 amide bonds. The van der Waals surface area contributed by atoms with E-state index in [0.717, 1.165) is 0 Å². The Hall–Kier alpha value is -1.01. The normalized spacial score (nSPS) is 21.5. The van der Waals surface area contributed by atoms with Crippen LogP contribution in [0.4, 0.5) is 0 Å². The Morgan fingerprint density at radius 3 is 3.08 bits per heavy atom. The highest BCUT2D eigenvalue weighted by atomic mass is 16.5. The fourth-order valence-corrected chi connectivity index (χ4v) is 1.38. The van der Waals surface area contributed by atoms with Crippen LogP contribution < -0.4 is 0 Å². The smallest absolute Gasteiger partial charge is 0.169 e. The van der Waals surface area contributed by atoms with Crippen molar-refractivity contribution in [1.29, 1.82) is 0 Å². The molecular weight excluding hydrogens is 160 g/mol. The first-order chi connectivity index (χ1) is 5.67. The third-order valence-electron chi connectivity index (χ3n) is 1.99. The fourth-order valence-electron chi connectivity index (χ4n) is 1.38. The van der Waals surface area contributed by atoms with E-state index in [9.17, 15) is 10.2 Å². The minimum atomic E-state index is -1.64. The second-order valence-corrected chi connectivity index (χ2v) is 3.08. The Kier molecular flexibility index (Phi) is 1.59. The zero-order valence-corrected chi connectivity index (χ0v) is 6.51. The Morgan fingerprint density at radius 2 is 2.25 bits per heavy atom. The van der Waals surface area contributed by atoms with Crippen LogP contribution in [-0.4, -0.2) is 36.2 Å². The van der Waals surface area contributed by atoms with E-state index >= 15 is 0 Å². The van der Waals surface area contributed by atoms with Gasteiger partial charge in [0.2, 0.25) is 0 Å². The molecule has 0 unspecified atom stereocenters. The van der Waals surface area contributed by atoms with Gasteiger partial charge in [0, 0.05) is 13.0 Å². The first kappa shape index (κ1) is 7.63. The van der Waals surface area contributed by atoms with Gasteiger partial charge in [0.15, 0.2) is 11.6 Å². The van der Waals surface area contributed by atoms with Crippen molar-refractivity contribution in [2.45, 2.75) is 31.6 Å². The van der Waals surface area contributed by atoms with E-state index in [0.29, 0.717) is 25.2 Å². The highest BCUT2D eigenvalue weighted by molar-refractivity contribution is 4.89. The number of tetrazole rings is 1. The second kappa shape index (κ2) is 2.49. The third kappa shape index (κ3) is 1.30. The van der Waals surface area contributed by atoms with Crippen molar-refractivity contribution in [2.24, 2.45) is 0 Å². The molecule has 0 spiro atoms. The first-order valence-electron chi connectivity index (χ1n) is 3.87. The maximum atomic E-state index is 9.37. The number of hydrogen-bond acceptors (Lipinski definition) is 5. The summed E-state index contributed by atoms with van der Waals surface area (Å²) in [6.07, 6.45) is 1.16. The lowest BCUT2D eigenvalue weighted by Gasteiger charge is -2.16. The molecule has 0 radical (unpaired) electrons. The van der Waals surface area contributed by atoms with Crippen LogP contribution in [0.15, 0.2) is 0 Å². The summed E-state index contributed by atoms with van der Waals surface area (Å²) in [7, 11) is 0. The van der Waals surface area contributed by atoms with Crippen LogP contribution in [0.5, 0.6) is 0 Å². The molecular formula is C6H10N4O2. The Labute approximate surface area is 68.8 Å². The van der Waals surface area contributed by atoms with Gasteiger partial charge in [-0.25, -0.2) is 4.68 Å². The van der Waals surface area contributed by atoms with E-state index in [1.54, 1.807) is 4.68 Å². The van der Waals surface area contributed by atoms with Crippen molar-refractivity contribution in [3.8, 4) is 0 Å². The molecule has 2 rings (SSSR count). The fraction of sp³-hybridized carbons (Fsp3) is 0.833. The van der Waals surface area contributed by atoms with Crippen LogP contribution in [0.25, 0.3) is 0 Å². The molecule has 66 valence electrons. The van der Waals surface area contributed by atoms with Crippen molar-refractivity contribution < 1.29 is 10.2 Å². The standard InChI is InChI=1S/C6H10N4O2/c11-6(12)2-1-3-10-5(4-6)7-8-9-10/h11-12H,1-4H2. The van der Waals surface area contributed by atoms with Crippen molar-refractivity contribution in [3.63, 3.8) is 0 Å².